The van der Waals surface area contributed by atoms with Gasteiger partial charge >= 0.3 is 0 Å². The minimum absolute atomic E-state index is 0.0240. The molecule has 0 amide bonds. The molecule has 6 nitrogen and oxygen atoms in total. The third kappa shape index (κ3) is 3.97. The van der Waals surface area contributed by atoms with Crippen LogP contribution in [0.3, 0.4) is 0 Å². The fraction of sp³-hybridized carbons (Fsp3) is 0.333. The number of anilines is 1. The van der Waals surface area contributed by atoms with Crippen LogP contribution < -0.4 is 19.7 Å². The van der Waals surface area contributed by atoms with Crippen molar-refractivity contribution in [2.24, 2.45) is 0 Å². The molecule has 31 heavy (non-hydrogen) atoms. The Morgan fingerprint density at radius 1 is 1.06 bits per heavy atom. The number of ether oxygens (including phenoxy) is 2. The first kappa shape index (κ1) is 21.2. The van der Waals surface area contributed by atoms with Gasteiger partial charge in [-0.3, -0.25) is 4.98 Å². The van der Waals surface area contributed by atoms with Crippen molar-refractivity contribution >= 4 is 23.0 Å². The number of methoxy groups -OCH3 is 2. The number of hydrogen-bond acceptors (Lipinski definition) is 4. The second-order valence-corrected chi connectivity index (χ2v) is 8.94. The maximum atomic E-state index is 5.83. The molecule has 1 aromatic carbocycles. The lowest BCUT2D eigenvalue weighted by molar-refractivity contribution is 0.396. The van der Waals surface area contributed by atoms with E-state index >= 15 is 0 Å². The maximum absolute atomic E-state index is 5.83. The van der Waals surface area contributed by atoms with Crippen molar-refractivity contribution in [2.75, 3.05) is 19.1 Å². The van der Waals surface area contributed by atoms with Crippen LogP contribution in [0.1, 0.15) is 44.1 Å². The molecule has 4 rings (SSSR count). The number of rotatable bonds is 5. The highest BCUT2D eigenvalue weighted by Crippen LogP contribution is 2.45. The van der Waals surface area contributed by atoms with E-state index in [4.69, 9.17) is 21.7 Å². The van der Waals surface area contributed by atoms with Crippen LogP contribution in [0.4, 0.5) is 5.69 Å². The van der Waals surface area contributed by atoms with Crippen molar-refractivity contribution < 1.29 is 9.47 Å². The molecule has 7 heteroatoms. The molecule has 0 aliphatic carbocycles. The Balaban J connectivity index is 1.87. The van der Waals surface area contributed by atoms with Crippen LogP contribution in [0.2, 0.25) is 0 Å². The number of aromatic nitrogens is 2. The molecule has 0 bridgehead atoms. The molecule has 1 aliphatic heterocycles. The van der Waals surface area contributed by atoms with E-state index in [-0.39, 0.29) is 17.6 Å². The third-order valence-corrected chi connectivity index (χ3v) is 5.89. The predicted octanol–water partition coefficient (Wildman–Crippen LogP) is 4.83. The molecule has 0 radical (unpaired) electrons. The number of nitrogens with zero attached hydrogens (tertiary/aromatic N) is 3. The van der Waals surface area contributed by atoms with E-state index < -0.39 is 0 Å². The van der Waals surface area contributed by atoms with E-state index in [9.17, 15) is 0 Å². The zero-order chi connectivity index (χ0) is 22.2. The molecule has 0 unspecified atom stereocenters. The van der Waals surface area contributed by atoms with Gasteiger partial charge in [0.15, 0.2) is 5.11 Å². The standard InChI is InChI=1S/C24H28N4O2S/c1-24(2,3)27-13-11-16(15-27)22-21(18-8-6-7-12-25-18)26-23(31)28(22)19-14-17(29-4)9-10-20(19)30-5/h6-15,21-22H,1-5H3,(H,26,31)/t21-,22-/m0/s1. The van der Waals surface area contributed by atoms with Crippen molar-refractivity contribution in [3.05, 3.63) is 72.3 Å². The number of thiocarbonyl (C=S) groups is 1. The highest BCUT2D eigenvalue weighted by atomic mass is 32.1. The number of nitrogens with one attached hydrogen (secondary N) is 1. The van der Waals surface area contributed by atoms with Crippen molar-refractivity contribution in [1.82, 2.24) is 14.9 Å². The van der Waals surface area contributed by atoms with Crippen LogP contribution in [0.5, 0.6) is 11.5 Å². The van der Waals surface area contributed by atoms with Gasteiger partial charge in [-0.2, -0.15) is 0 Å². The number of hydrogen-bond donors (Lipinski definition) is 1. The molecule has 2 atom stereocenters. The zero-order valence-corrected chi connectivity index (χ0v) is 19.3. The highest BCUT2D eigenvalue weighted by molar-refractivity contribution is 7.80. The lowest BCUT2D eigenvalue weighted by Gasteiger charge is -2.29. The summed E-state index contributed by atoms with van der Waals surface area (Å²) in [5, 5.41) is 4.11. The van der Waals surface area contributed by atoms with E-state index in [1.54, 1.807) is 14.2 Å². The molecule has 1 N–H and O–H groups in total. The Morgan fingerprint density at radius 2 is 1.87 bits per heavy atom. The molecular weight excluding hydrogens is 408 g/mol. The first-order valence-electron chi connectivity index (χ1n) is 10.2. The quantitative estimate of drug-likeness (QED) is 0.578. The Bertz CT molecular complexity index is 1070. The summed E-state index contributed by atoms with van der Waals surface area (Å²) in [7, 11) is 3.32. The summed E-state index contributed by atoms with van der Waals surface area (Å²) in [6, 6.07) is 13.6. The topological polar surface area (TPSA) is 51.6 Å². The third-order valence-electron chi connectivity index (χ3n) is 5.58. The van der Waals surface area contributed by atoms with Crippen LogP contribution in [-0.4, -0.2) is 28.9 Å². The first-order valence-corrected chi connectivity index (χ1v) is 10.7. The maximum Gasteiger partial charge on any atom is 0.174 e. The number of pyridine rings is 1. The molecular formula is C24H28N4O2S. The Kier molecular flexibility index (Phi) is 5.62. The van der Waals surface area contributed by atoms with Gasteiger partial charge in [-0.25, -0.2) is 0 Å². The molecule has 2 aromatic heterocycles. The average molecular weight is 437 g/mol. The molecule has 0 saturated carbocycles. The molecule has 3 heterocycles. The van der Waals surface area contributed by atoms with Gasteiger partial charge in [0.05, 0.1) is 37.7 Å². The van der Waals surface area contributed by atoms with Crippen LogP contribution in [0.25, 0.3) is 0 Å². The van der Waals surface area contributed by atoms with Gasteiger partial charge < -0.3 is 24.3 Å². The van der Waals surface area contributed by atoms with Crippen molar-refractivity contribution in [3.63, 3.8) is 0 Å². The Hall–Kier alpha value is -3.06. The van der Waals surface area contributed by atoms with Crippen molar-refractivity contribution in [3.8, 4) is 11.5 Å². The van der Waals surface area contributed by atoms with Crippen LogP contribution in [0, 0.1) is 0 Å². The summed E-state index contributed by atoms with van der Waals surface area (Å²) in [5.74, 6) is 1.47. The number of benzene rings is 1. The fourth-order valence-corrected chi connectivity index (χ4v) is 4.28. The normalized spacial score (nSPS) is 18.7. The van der Waals surface area contributed by atoms with Crippen LogP contribution in [-0.2, 0) is 5.54 Å². The molecule has 162 valence electrons. The minimum Gasteiger partial charge on any atom is -0.497 e. The van der Waals surface area contributed by atoms with E-state index in [1.165, 1.54) is 0 Å². The summed E-state index contributed by atoms with van der Waals surface area (Å²) in [6.07, 6.45) is 6.12. The molecule has 1 fully saturated rings. The SMILES string of the molecule is COc1ccc(OC)c(N2C(=S)N[C@@H](c3ccccn3)[C@@H]2c2ccn(C(C)(C)C)c2)c1. The molecule has 1 aliphatic rings. The predicted molar refractivity (Wildman–Crippen MR) is 127 cm³/mol. The van der Waals surface area contributed by atoms with Gasteiger partial charge in [-0.15, -0.1) is 0 Å². The lowest BCUT2D eigenvalue weighted by Crippen LogP contribution is -2.29. The van der Waals surface area contributed by atoms with Gasteiger partial charge in [0.25, 0.3) is 0 Å². The van der Waals surface area contributed by atoms with Crippen molar-refractivity contribution in [1.29, 1.82) is 0 Å². The van der Waals surface area contributed by atoms with Gasteiger partial charge in [0.1, 0.15) is 11.5 Å². The highest BCUT2D eigenvalue weighted by Gasteiger charge is 2.42. The largest absolute Gasteiger partial charge is 0.497 e. The van der Waals surface area contributed by atoms with E-state index in [2.05, 4.69) is 59.0 Å². The van der Waals surface area contributed by atoms with Gasteiger partial charge in [-0.1, -0.05) is 6.07 Å². The van der Waals surface area contributed by atoms with Crippen molar-refractivity contribution in [2.45, 2.75) is 38.4 Å². The van der Waals surface area contributed by atoms with Gasteiger partial charge in [-0.05, 0) is 68.9 Å². The summed E-state index contributed by atoms with van der Waals surface area (Å²) >= 11 is 5.83. The molecule has 1 saturated heterocycles. The lowest BCUT2D eigenvalue weighted by atomic mass is 9.98. The summed E-state index contributed by atoms with van der Waals surface area (Å²) < 4.78 is 13.4. The smallest absolute Gasteiger partial charge is 0.174 e. The Morgan fingerprint density at radius 3 is 2.48 bits per heavy atom. The monoisotopic (exact) mass is 436 g/mol. The summed E-state index contributed by atoms with van der Waals surface area (Å²) in [5.41, 5.74) is 2.90. The fourth-order valence-electron chi connectivity index (χ4n) is 3.94. The minimum atomic E-state index is -0.111. The van der Waals surface area contributed by atoms with Crippen LogP contribution >= 0.6 is 12.2 Å². The van der Waals surface area contributed by atoms with E-state index in [1.807, 2.05) is 42.6 Å². The van der Waals surface area contributed by atoms with Gasteiger partial charge in [0, 0.05) is 30.2 Å². The molecule has 3 aromatic rings. The Labute approximate surface area is 188 Å². The second-order valence-electron chi connectivity index (χ2n) is 8.56. The van der Waals surface area contributed by atoms with E-state index in [0.717, 1.165) is 28.4 Å². The average Bonchev–Trinajstić information content (AvgIpc) is 3.38. The van der Waals surface area contributed by atoms with Crippen LogP contribution in [0.15, 0.2) is 61.1 Å². The summed E-state index contributed by atoms with van der Waals surface area (Å²) in [6.45, 7) is 6.56. The first-order chi connectivity index (χ1) is 14.8. The van der Waals surface area contributed by atoms with E-state index in [0.29, 0.717) is 5.11 Å². The second kappa shape index (κ2) is 8.23. The van der Waals surface area contributed by atoms with Gasteiger partial charge in [0.2, 0.25) is 0 Å². The zero-order valence-electron chi connectivity index (χ0n) is 18.5. The summed E-state index contributed by atoms with van der Waals surface area (Å²) in [4.78, 5) is 6.73. The molecule has 0 spiro atoms.